The van der Waals surface area contributed by atoms with Crippen LogP contribution in [0.3, 0.4) is 0 Å². The number of carbonyl (C=O) groups is 2. The number of rotatable bonds is 5. The number of hydrogen-bond acceptors (Lipinski definition) is 3. The summed E-state index contributed by atoms with van der Waals surface area (Å²) in [6.07, 6.45) is -1.04. The maximum Gasteiger partial charge on any atom is 0.341 e. The smallest absolute Gasteiger partial charge is 0.341 e. The van der Waals surface area contributed by atoms with E-state index < -0.39 is 23.8 Å². The maximum atomic E-state index is 13.6. The highest BCUT2D eigenvalue weighted by atomic mass is 19.1. The minimum absolute atomic E-state index is 0.195. The fraction of sp³-hybridized carbons (Fsp3) is 0.263. The van der Waals surface area contributed by atoms with E-state index in [9.17, 15) is 14.0 Å². The van der Waals surface area contributed by atoms with Crippen molar-refractivity contribution in [1.29, 1.82) is 0 Å². The number of amides is 1. The topological polar surface area (TPSA) is 55.4 Å². The fourth-order valence-electron chi connectivity index (χ4n) is 2.25. The molecule has 5 heteroatoms. The number of halogens is 1. The van der Waals surface area contributed by atoms with E-state index in [-0.39, 0.29) is 11.5 Å². The van der Waals surface area contributed by atoms with Crippen LogP contribution in [0.15, 0.2) is 48.5 Å². The molecule has 1 amide bonds. The first-order valence-electron chi connectivity index (χ1n) is 7.75. The van der Waals surface area contributed by atoms with E-state index in [1.54, 1.807) is 6.07 Å². The van der Waals surface area contributed by atoms with Gasteiger partial charge in [-0.2, -0.15) is 0 Å². The van der Waals surface area contributed by atoms with Gasteiger partial charge in [-0.1, -0.05) is 44.2 Å². The minimum atomic E-state index is -1.04. The largest absolute Gasteiger partial charge is 0.449 e. The molecule has 0 aliphatic heterocycles. The van der Waals surface area contributed by atoms with E-state index >= 15 is 0 Å². The Morgan fingerprint density at radius 3 is 2.29 bits per heavy atom. The summed E-state index contributed by atoms with van der Waals surface area (Å²) in [5, 5.41) is 2.75. The van der Waals surface area contributed by atoms with Crippen LogP contribution in [0.1, 0.15) is 42.6 Å². The fourth-order valence-corrected chi connectivity index (χ4v) is 2.25. The third-order valence-electron chi connectivity index (χ3n) is 3.59. The molecule has 126 valence electrons. The second-order valence-electron chi connectivity index (χ2n) is 5.76. The Kier molecular flexibility index (Phi) is 5.68. The van der Waals surface area contributed by atoms with Gasteiger partial charge in [0.05, 0.1) is 5.56 Å². The van der Waals surface area contributed by atoms with Gasteiger partial charge in [-0.15, -0.1) is 0 Å². The summed E-state index contributed by atoms with van der Waals surface area (Å²) in [7, 11) is 0. The van der Waals surface area contributed by atoms with Gasteiger partial charge in [0.2, 0.25) is 0 Å². The molecule has 0 fully saturated rings. The lowest BCUT2D eigenvalue weighted by Crippen LogP contribution is -2.30. The zero-order valence-electron chi connectivity index (χ0n) is 13.9. The van der Waals surface area contributed by atoms with Crippen molar-refractivity contribution < 1.29 is 18.7 Å². The second kappa shape index (κ2) is 7.73. The standard InChI is InChI=1S/C19H20FNO3/c1-12(2)14-8-5-7-11-17(14)21-18(22)13(3)24-19(23)15-9-4-6-10-16(15)20/h4-13H,1-3H3,(H,21,22)/t13-/m1/s1. The van der Waals surface area contributed by atoms with Gasteiger partial charge in [-0.05, 0) is 36.6 Å². The van der Waals surface area contributed by atoms with Crippen LogP contribution in [0, 0.1) is 5.82 Å². The van der Waals surface area contributed by atoms with E-state index in [2.05, 4.69) is 5.32 Å². The first-order chi connectivity index (χ1) is 11.4. The van der Waals surface area contributed by atoms with Crippen LogP contribution in [0.5, 0.6) is 0 Å². The third kappa shape index (κ3) is 4.19. The third-order valence-corrected chi connectivity index (χ3v) is 3.59. The number of ether oxygens (including phenoxy) is 1. The molecule has 0 bridgehead atoms. The Labute approximate surface area is 140 Å². The number of benzene rings is 2. The van der Waals surface area contributed by atoms with E-state index in [1.807, 2.05) is 32.0 Å². The molecule has 1 N–H and O–H groups in total. The Morgan fingerprint density at radius 2 is 1.62 bits per heavy atom. The maximum absolute atomic E-state index is 13.6. The van der Waals surface area contributed by atoms with Crippen molar-refractivity contribution in [3.63, 3.8) is 0 Å². The lowest BCUT2D eigenvalue weighted by Gasteiger charge is -2.17. The molecule has 0 heterocycles. The van der Waals surface area contributed by atoms with Crippen molar-refractivity contribution in [2.45, 2.75) is 32.8 Å². The van der Waals surface area contributed by atoms with Gasteiger partial charge in [-0.3, -0.25) is 4.79 Å². The lowest BCUT2D eigenvalue weighted by atomic mass is 10.0. The highest BCUT2D eigenvalue weighted by Crippen LogP contribution is 2.24. The average molecular weight is 329 g/mol. The highest BCUT2D eigenvalue weighted by Gasteiger charge is 2.21. The van der Waals surface area contributed by atoms with Gasteiger partial charge in [0.25, 0.3) is 5.91 Å². The Hall–Kier alpha value is -2.69. The highest BCUT2D eigenvalue weighted by molar-refractivity contribution is 5.97. The molecule has 0 spiro atoms. The van der Waals surface area contributed by atoms with Gasteiger partial charge in [0.1, 0.15) is 5.82 Å². The van der Waals surface area contributed by atoms with E-state index in [0.29, 0.717) is 5.69 Å². The van der Waals surface area contributed by atoms with Crippen LogP contribution in [0.25, 0.3) is 0 Å². The zero-order chi connectivity index (χ0) is 17.7. The van der Waals surface area contributed by atoms with Crippen LogP contribution < -0.4 is 5.32 Å². The Morgan fingerprint density at radius 1 is 1.00 bits per heavy atom. The van der Waals surface area contributed by atoms with Gasteiger partial charge in [0, 0.05) is 5.69 Å². The molecule has 2 rings (SSSR count). The van der Waals surface area contributed by atoms with Crippen LogP contribution in [0.2, 0.25) is 0 Å². The van der Waals surface area contributed by atoms with Crippen LogP contribution in [-0.2, 0) is 9.53 Å². The Balaban J connectivity index is 2.06. The normalized spacial score (nSPS) is 11.9. The minimum Gasteiger partial charge on any atom is -0.449 e. The molecule has 0 saturated heterocycles. The summed E-state index contributed by atoms with van der Waals surface area (Å²) in [5.41, 5.74) is 1.46. The summed E-state index contributed by atoms with van der Waals surface area (Å²) < 4.78 is 18.6. The average Bonchev–Trinajstić information content (AvgIpc) is 2.55. The number of carbonyl (C=O) groups excluding carboxylic acids is 2. The molecule has 0 radical (unpaired) electrons. The van der Waals surface area contributed by atoms with Gasteiger partial charge in [0.15, 0.2) is 6.10 Å². The first kappa shape index (κ1) is 17.7. The van der Waals surface area contributed by atoms with Crippen molar-refractivity contribution in [2.75, 3.05) is 5.32 Å². The summed E-state index contributed by atoms with van der Waals surface area (Å²) in [6.45, 7) is 5.49. The summed E-state index contributed by atoms with van der Waals surface area (Å²) >= 11 is 0. The van der Waals surface area contributed by atoms with Crippen molar-refractivity contribution in [1.82, 2.24) is 0 Å². The lowest BCUT2D eigenvalue weighted by molar-refractivity contribution is -0.123. The summed E-state index contributed by atoms with van der Waals surface area (Å²) in [5.74, 6) is -1.78. The molecule has 2 aromatic carbocycles. The van der Waals surface area contributed by atoms with Gasteiger partial charge < -0.3 is 10.1 Å². The number of para-hydroxylation sites is 1. The number of anilines is 1. The van der Waals surface area contributed by atoms with Gasteiger partial charge >= 0.3 is 5.97 Å². The van der Waals surface area contributed by atoms with Crippen molar-refractivity contribution >= 4 is 17.6 Å². The monoisotopic (exact) mass is 329 g/mol. The molecule has 0 unspecified atom stereocenters. The number of hydrogen-bond donors (Lipinski definition) is 1. The molecular weight excluding hydrogens is 309 g/mol. The predicted octanol–water partition coefficient (Wildman–Crippen LogP) is 4.13. The second-order valence-corrected chi connectivity index (χ2v) is 5.76. The van der Waals surface area contributed by atoms with E-state index in [0.717, 1.165) is 5.56 Å². The van der Waals surface area contributed by atoms with E-state index in [4.69, 9.17) is 4.74 Å². The molecule has 0 aliphatic rings. The SMILES string of the molecule is CC(C)c1ccccc1NC(=O)[C@@H](C)OC(=O)c1ccccc1F. The van der Waals surface area contributed by atoms with Crippen LogP contribution in [0.4, 0.5) is 10.1 Å². The summed E-state index contributed by atoms with van der Waals surface area (Å²) in [6, 6.07) is 12.9. The van der Waals surface area contributed by atoms with Crippen LogP contribution >= 0.6 is 0 Å². The number of nitrogens with one attached hydrogen (secondary N) is 1. The van der Waals surface area contributed by atoms with E-state index in [1.165, 1.54) is 31.2 Å². The number of esters is 1. The predicted molar refractivity (Wildman–Crippen MR) is 90.4 cm³/mol. The molecule has 24 heavy (non-hydrogen) atoms. The van der Waals surface area contributed by atoms with Crippen molar-refractivity contribution in [3.05, 3.63) is 65.5 Å². The first-order valence-corrected chi connectivity index (χ1v) is 7.75. The Bertz CT molecular complexity index is 743. The molecule has 0 aliphatic carbocycles. The molecule has 0 saturated carbocycles. The van der Waals surface area contributed by atoms with Gasteiger partial charge in [-0.25, -0.2) is 9.18 Å². The zero-order valence-corrected chi connectivity index (χ0v) is 13.9. The quantitative estimate of drug-likeness (QED) is 0.839. The molecule has 1 atom stereocenters. The molecule has 4 nitrogen and oxygen atoms in total. The van der Waals surface area contributed by atoms with Crippen molar-refractivity contribution in [3.8, 4) is 0 Å². The van der Waals surface area contributed by atoms with Crippen LogP contribution in [-0.4, -0.2) is 18.0 Å². The summed E-state index contributed by atoms with van der Waals surface area (Å²) in [4.78, 5) is 24.2. The molecule has 0 aromatic heterocycles. The molecule has 2 aromatic rings. The van der Waals surface area contributed by atoms with Crippen molar-refractivity contribution in [2.24, 2.45) is 0 Å². The molecular formula is C19H20FNO3.